The molecule has 3 aromatic carbocycles. The number of aromatic nitrogens is 3. The van der Waals surface area contributed by atoms with Gasteiger partial charge in [-0.3, -0.25) is 14.2 Å². The van der Waals surface area contributed by atoms with E-state index in [1.165, 1.54) is 17.3 Å². The third-order valence-electron chi connectivity index (χ3n) is 5.20. The summed E-state index contributed by atoms with van der Waals surface area (Å²) in [6, 6.07) is 22.8. The fourth-order valence-electron chi connectivity index (χ4n) is 3.54. The van der Waals surface area contributed by atoms with E-state index in [9.17, 15) is 9.59 Å². The van der Waals surface area contributed by atoms with Crippen molar-refractivity contribution in [2.24, 2.45) is 0 Å². The van der Waals surface area contributed by atoms with Crippen LogP contribution in [0.3, 0.4) is 0 Å². The molecule has 0 unspecified atom stereocenters. The van der Waals surface area contributed by atoms with E-state index in [-0.39, 0.29) is 17.6 Å². The molecule has 8 heteroatoms. The molecule has 1 aromatic heterocycles. The highest BCUT2D eigenvalue weighted by Crippen LogP contribution is 2.23. The Morgan fingerprint density at radius 3 is 2.53 bits per heavy atom. The molecule has 0 radical (unpaired) electrons. The number of hydrogen-bond acceptors (Lipinski definition) is 5. The lowest BCUT2D eigenvalue weighted by molar-refractivity contribution is -0.113. The minimum atomic E-state index is -0.248. The summed E-state index contributed by atoms with van der Waals surface area (Å²) in [5.74, 6) is -0.352. The average molecular weight is 472 g/mol. The van der Waals surface area contributed by atoms with Crippen molar-refractivity contribution >= 4 is 29.3 Å². The van der Waals surface area contributed by atoms with Crippen LogP contribution in [0, 0.1) is 13.8 Å². The van der Waals surface area contributed by atoms with Crippen LogP contribution in [0.5, 0.6) is 0 Å². The summed E-state index contributed by atoms with van der Waals surface area (Å²) >= 11 is 1.29. The fraction of sp³-hybridized carbons (Fsp3) is 0.154. The van der Waals surface area contributed by atoms with Crippen LogP contribution >= 0.6 is 11.8 Å². The van der Waals surface area contributed by atoms with Crippen molar-refractivity contribution in [3.8, 4) is 5.69 Å². The summed E-state index contributed by atoms with van der Waals surface area (Å²) in [5, 5.41) is 14.6. The molecule has 1 heterocycles. The summed E-state index contributed by atoms with van der Waals surface area (Å²) in [6.45, 7) is 4.48. The van der Waals surface area contributed by atoms with Gasteiger partial charge < -0.3 is 10.6 Å². The first-order valence-electron chi connectivity index (χ1n) is 10.8. The van der Waals surface area contributed by atoms with Gasteiger partial charge in [0, 0.05) is 6.54 Å². The number of rotatable bonds is 8. The van der Waals surface area contributed by atoms with Crippen molar-refractivity contribution in [3.63, 3.8) is 0 Å². The quantitative estimate of drug-likeness (QED) is 0.368. The standard InChI is InChI=1S/C26H25N5O2S/c1-18-12-13-23(19(2)14-18)31-17-28-30-26(31)34-16-24(32)29-22-11-7-6-10-21(22)25(33)27-15-20-8-4-3-5-9-20/h3-14,17H,15-16H2,1-2H3,(H,27,33)(H,29,32). The Bertz CT molecular complexity index is 1300. The van der Waals surface area contributed by atoms with E-state index >= 15 is 0 Å². The molecule has 7 nitrogen and oxygen atoms in total. The number of nitrogens with zero attached hydrogens (tertiary/aromatic N) is 3. The molecule has 0 aliphatic rings. The molecule has 0 saturated heterocycles. The number of thioether (sulfide) groups is 1. The Balaban J connectivity index is 1.39. The molecule has 2 amide bonds. The van der Waals surface area contributed by atoms with Crippen molar-refractivity contribution in [2.75, 3.05) is 11.1 Å². The number of para-hydroxylation sites is 1. The van der Waals surface area contributed by atoms with Crippen LogP contribution in [0.2, 0.25) is 0 Å². The molecule has 0 fully saturated rings. The predicted molar refractivity (Wildman–Crippen MR) is 134 cm³/mol. The fourth-order valence-corrected chi connectivity index (χ4v) is 4.27. The number of anilines is 1. The maximum atomic E-state index is 12.7. The first kappa shape index (κ1) is 23.3. The Morgan fingerprint density at radius 2 is 1.74 bits per heavy atom. The molecule has 0 saturated carbocycles. The van der Waals surface area contributed by atoms with E-state index in [4.69, 9.17) is 0 Å². The number of amides is 2. The molecule has 172 valence electrons. The summed E-state index contributed by atoms with van der Waals surface area (Å²) in [4.78, 5) is 25.4. The van der Waals surface area contributed by atoms with Gasteiger partial charge >= 0.3 is 0 Å². The lowest BCUT2D eigenvalue weighted by Gasteiger charge is -2.12. The second-order valence-corrected chi connectivity index (χ2v) is 8.77. The third kappa shape index (κ3) is 5.71. The zero-order valence-electron chi connectivity index (χ0n) is 19.0. The van der Waals surface area contributed by atoms with Crippen LogP contribution in [0.25, 0.3) is 5.69 Å². The van der Waals surface area contributed by atoms with Crippen LogP contribution in [0.1, 0.15) is 27.0 Å². The Kier molecular flexibility index (Phi) is 7.39. The molecule has 2 N–H and O–H groups in total. The van der Waals surface area contributed by atoms with Crippen molar-refractivity contribution in [2.45, 2.75) is 25.5 Å². The molecule has 0 aliphatic carbocycles. The average Bonchev–Trinajstić information content (AvgIpc) is 3.30. The van der Waals surface area contributed by atoms with E-state index < -0.39 is 0 Å². The van der Waals surface area contributed by atoms with Crippen LogP contribution in [0.4, 0.5) is 5.69 Å². The summed E-state index contributed by atoms with van der Waals surface area (Å²) in [7, 11) is 0. The lowest BCUT2D eigenvalue weighted by Crippen LogP contribution is -2.25. The number of nitrogens with one attached hydrogen (secondary N) is 2. The Morgan fingerprint density at radius 1 is 0.971 bits per heavy atom. The van der Waals surface area contributed by atoms with Gasteiger partial charge in [0.2, 0.25) is 5.91 Å². The van der Waals surface area contributed by atoms with Gasteiger partial charge in [0.05, 0.1) is 22.7 Å². The maximum Gasteiger partial charge on any atom is 0.253 e. The second kappa shape index (κ2) is 10.8. The minimum Gasteiger partial charge on any atom is -0.348 e. The van der Waals surface area contributed by atoms with Gasteiger partial charge in [0.1, 0.15) is 6.33 Å². The molecule has 4 rings (SSSR count). The zero-order chi connectivity index (χ0) is 23.9. The van der Waals surface area contributed by atoms with Gasteiger partial charge in [-0.05, 0) is 43.2 Å². The van der Waals surface area contributed by atoms with E-state index in [1.807, 2.05) is 60.9 Å². The van der Waals surface area contributed by atoms with Gasteiger partial charge in [-0.2, -0.15) is 0 Å². The van der Waals surface area contributed by atoms with Crippen molar-refractivity contribution in [1.29, 1.82) is 0 Å². The SMILES string of the molecule is Cc1ccc(-n2cnnc2SCC(=O)Nc2ccccc2C(=O)NCc2ccccc2)c(C)c1. The number of carbonyl (C=O) groups excluding carboxylic acids is 2. The minimum absolute atomic E-state index is 0.129. The second-order valence-electron chi connectivity index (χ2n) is 7.82. The largest absolute Gasteiger partial charge is 0.348 e. The van der Waals surface area contributed by atoms with Gasteiger partial charge in [-0.15, -0.1) is 10.2 Å². The maximum absolute atomic E-state index is 12.7. The van der Waals surface area contributed by atoms with Crippen molar-refractivity contribution < 1.29 is 9.59 Å². The zero-order valence-corrected chi connectivity index (χ0v) is 19.8. The molecule has 0 atom stereocenters. The van der Waals surface area contributed by atoms with Crippen LogP contribution in [-0.4, -0.2) is 32.3 Å². The molecule has 4 aromatic rings. The van der Waals surface area contributed by atoms with E-state index in [0.717, 1.165) is 16.8 Å². The van der Waals surface area contributed by atoms with Crippen LogP contribution < -0.4 is 10.6 Å². The smallest absolute Gasteiger partial charge is 0.253 e. The Labute approximate surface area is 202 Å². The van der Waals surface area contributed by atoms with Gasteiger partial charge in [-0.25, -0.2) is 0 Å². The highest BCUT2D eigenvalue weighted by molar-refractivity contribution is 7.99. The van der Waals surface area contributed by atoms with E-state index in [2.05, 4.69) is 26.9 Å². The third-order valence-corrected chi connectivity index (χ3v) is 6.15. The Hall–Kier alpha value is -3.91. The highest BCUT2D eigenvalue weighted by atomic mass is 32.2. The van der Waals surface area contributed by atoms with E-state index in [1.54, 1.807) is 30.6 Å². The van der Waals surface area contributed by atoms with Gasteiger partial charge in [0.15, 0.2) is 5.16 Å². The first-order valence-corrected chi connectivity index (χ1v) is 11.8. The van der Waals surface area contributed by atoms with Gasteiger partial charge in [0.25, 0.3) is 5.91 Å². The van der Waals surface area contributed by atoms with Crippen LogP contribution in [-0.2, 0) is 11.3 Å². The summed E-state index contributed by atoms with van der Waals surface area (Å²) < 4.78 is 1.87. The van der Waals surface area contributed by atoms with E-state index in [0.29, 0.717) is 23.0 Å². The molecular weight excluding hydrogens is 446 g/mol. The number of aryl methyl sites for hydroxylation is 2. The lowest BCUT2D eigenvalue weighted by atomic mass is 10.1. The van der Waals surface area contributed by atoms with Crippen LogP contribution in [0.15, 0.2) is 84.3 Å². The number of benzene rings is 3. The molecule has 0 aliphatic heterocycles. The summed E-state index contributed by atoms with van der Waals surface area (Å²) in [6.07, 6.45) is 1.64. The normalized spacial score (nSPS) is 10.6. The monoisotopic (exact) mass is 471 g/mol. The van der Waals surface area contributed by atoms with Crippen molar-refractivity contribution in [3.05, 3.63) is 101 Å². The highest BCUT2D eigenvalue weighted by Gasteiger charge is 2.15. The summed E-state index contributed by atoms with van der Waals surface area (Å²) in [5.41, 5.74) is 5.13. The number of carbonyl (C=O) groups is 2. The molecule has 0 bridgehead atoms. The number of hydrogen-bond donors (Lipinski definition) is 2. The van der Waals surface area contributed by atoms with Gasteiger partial charge in [-0.1, -0.05) is 71.9 Å². The first-order chi connectivity index (χ1) is 16.5. The predicted octanol–water partition coefficient (Wildman–Crippen LogP) is 4.54. The van der Waals surface area contributed by atoms with Crippen molar-refractivity contribution in [1.82, 2.24) is 20.1 Å². The molecular formula is C26H25N5O2S. The molecule has 0 spiro atoms. The molecule has 34 heavy (non-hydrogen) atoms. The topological polar surface area (TPSA) is 88.9 Å².